The maximum absolute atomic E-state index is 13.1. The van der Waals surface area contributed by atoms with Gasteiger partial charge in [-0.25, -0.2) is 9.59 Å². The van der Waals surface area contributed by atoms with E-state index in [0.29, 0.717) is 13.2 Å². The van der Waals surface area contributed by atoms with Gasteiger partial charge < -0.3 is 9.47 Å². The van der Waals surface area contributed by atoms with E-state index in [1.807, 2.05) is 39.0 Å². The van der Waals surface area contributed by atoms with Gasteiger partial charge in [-0.3, -0.25) is 9.80 Å². The maximum Gasteiger partial charge on any atom is 0.414 e. The summed E-state index contributed by atoms with van der Waals surface area (Å²) in [6, 6.07) is 5.87. The van der Waals surface area contributed by atoms with Gasteiger partial charge in [-0.1, -0.05) is 71.3 Å². The predicted molar refractivity (Wildman–Crippen MR) is 147 cm³/mol. The summed E-state index contributed by atoms with van der Waals surface area (Å²) in [6.45, 7) is 14.8. The number of carbonyl (C=O) groups is 2. The van der Waals surface area contributed by atoms with Crippen molar-refractivity contribution in [1.82, 2.24) is 0 Å². The lowest BCUT2D eigenvalue weighted by Gasteiger charge is -2.33. The van der Waals surface area contributed by atoms with Gasteiger partial charge in [-0.05, 0) is 65.2 Å². The number of aryl methyl sites for hydroxylation is 1. The SMILES string of the molecule is CCCCCCC(C)N(C(=O)OCC)c1ccc(C)c(N(C(=O)OCC)C(C)CCCCCC)c1. The second kappa shape index (κ2) is 17.2. The third kappa shape index (κ3) is 10.1. The molecule has 0 heterocycles. The Kier molecular flexibility index (Phi) is 15.2. The molecular formula is C29H50N2O4. The molecule has 200 valence electrons. The molecule has 0 N–H and O–H groups in total. The lowest BCUT2D eigenvalue weighted by Crippen LogP contribution is -2.41. The summed E-state index contributed by atoms with van der Waals surface area (Å²) in [6.07, 6.45) is 10.3. The van der Waals surface area contributed by atoms with E-state index in [9.17, 15) is 9.59 Å². The van der Waals surface area contributed by atoms with Crippen LogP contribution in [0.4, 0.5) is 21.0 Å². The number of rotatable bonds is 16. The zero-order valence-corrected chi connectivity index (χ0v) is 23.4. The van der Waals surface area contributed by atoms with E-state index in [1.165, 1.54) is 25.7 Å². The number of unbranched alkanes of at least 4 members (excludes halogenated alkanes) is 6. The molecule has 0 aliphatic carbocycles. The summed E-state index contributed by atoms with van der Waals surface area (Å²) in [4.78, 5) is 29.6. The van der Waals surface area contributed by atoms with Crippen LogP contribution in [0.1, 0.15) is 111 Å². The van der Waals surface area contributed by atoms with E-state index in [1.54, 1.807) is 9.80 Å². The van der Waals surface area contributed by atoms with E-state index >= 15 is 0 Å². The fourth-order valence-corrected chi connectivity index (χ4v) is 4.44. The van der Waals surface area contributed by atoms with Crippen molar-refractivity contribution in [2.45, 2.75) is 125 Å². The van der Waals surface area contributed by atoms with E-state index in [-0.39, 0.29) is 24.3 Å². The minimum absolute atomic E-state index is 0.0102. The molecule has 0 saturated carbocycles. The van der Waals surface area contributed by atoms with Gasteiger partial charge in [-0.2, -0.15) is 0 Å². The van der Waals surface area contributed by atoms with Crippen molar-refractivity contribution in [2.75, 3.05) is 23.0 Å². The third-order valence-electron chi connectivity index (χ3n) is 6.49. The third-order valence-corrected chi connectivity index (χ3v) is 6.49. The molecule has 2 amide bonds. The molecule has 35 heavy (non-hydrogen) atoms. The van der Waals surface area contributed by atoms with Crippen LogP contribution in [-0.4, -0.2) is 37.5 Å². The lowest BCUT2D eigenvalue weighted by atomic mass is 10.0. The van der Waals surface area contributed by atoms with Crippen molar-refractivity contribution < 1.29 is 19.1 Å². The predicted octanol–water partition coefficient (Wildman–Crippen LogP) is 8.64. The van der Waals surface area contributed by atoms with E-state index in [2.05, 4.69) is 27.7 Å². The van der Waals surface area contributed by atoms with Crippen LogP contribution >= 0.6 is 0 Å². The number of carbonyl (C=O) groups excluding carboxylic acids is 2. The van der Waals surface area contributed by atoms with Crippen LogP contribution in [-0.2, 0) is 9.47 Å². The molecule has 0 aliphatic heterocycles. The highest BCUT2D eigenvalue weighted by Crippen LogP contribution is 2.32. The Morgan fingerprint density at radius 1 is 0.743 bits per heavy atom. The fraction of sp³-hybridized carbons (Fsp3) is 0.724. The van der Waals surface area contributed by atoms with Crippen molar-refractivity contribution in [3.05, 3.63) is 23.8 Å². The molecule has 2 atom stereocenters. The van der Waals surface area contributed by atoms with Gasteiger partial charge in [0.25, 0.3) is 0 Å². The molecule has 0 aromatic heterocycles. The van der Waals surface area contributed by atoms with Crippen molar-refractivity contribution in [1.29, 1.82) is 0 Å². The Balaban J connectivity index is 3.31. The monoisotopic (exact) mass is 490 g/mol. The number of amides is 2. The number of hydrogen-bond acceptors (Lipinski definition) is 4. The number of ether oxygens (including phenoxy) is 2. The summed E-state index contributed by atoms with van der Waals surface area (Å²) in [5, 5.41) is 0. The van der Waals surface area contributed by atoms with Gasteiger partial charge in [0.15, 0.2) is 0 Å². The summed E-state index contributed by atoms with van der Waals surface area (Å²) in [5.74, 6) is 0. The number of anilines is 2. The first-order valence-electron chi connectivity index (χ1n) is 13.8. The van der Waals surface area contributed by atoms with Gasteiger partial charge >= 0.3 is 12.2 Å². The zero-order valence-electron chi connectivity index (χ0n) is 23.4. The summed E-state index contributed by atoms with van der Waals surface area (Å²) < 4.78 is 10.9. The van der Waals surface area contributed by atoms with Crippen LogP contribution in [0.2, 0.25) is 0 Å². The largest absolute Gasteiger partial charge is 0.449 e. The summed E-state index contributed by atoms with van der Waals surface area (Å²) in [5.41, 5.74) is 2.51. The second-order valence-electron chi connectivity index (χ2n) is 9.51. The molecule has 6 heteroatoms. The Labute approximate surface area is 214 Å². The molecule has 0 aliphatic rings. The maximum atomic E-state index is 13.1. The molecule has 6 nitrogen and oxygen atoms in total. The average molecular weight is 491 g/mol. The molecular weight excluding hydrogens is 440 g/mol. The molecule has 0 spiro atoms. The van der Waals surface area contributed by atoms with Crippen LogP contribution in [0.25, 0.3) is 0 Å². The Morgan fingerprint density at radius 2 is 1.23 bits per heavy atom. The molecule has 0 radical (unpaired) electrons. The van der Waals surface area contributed by atoms with Crippen LogP contribution < -0.4 is 9.80 Å². The topological polar surface area (TPSA) is 59.1 Å². The lowest BCUT2D eigenvalue weighted by molar-refractivity contribution is 0.156. The van der Waals surface area contributed by atoms with Gasteiger partial charge in [0.2, 0.25) is 0 Å². The second-order valence-corrected chi connectivity index (χ2v) is 9.51. The van der Waals surface area contributed by atoms with Crippen molar-refractivity contribution >= 4 is 23.6 Å². The van der Waals surface area contributed by atoms with Crippen molar-refractivity contribution in [2.24, 2.45) is 0 Å². The molecule has 1 aromatic rings. The summed E-state index contributed by atoms with van der Waals surface area (Å²) >= 11 is 0. The molecule has 1 aromatic carbocycles. The standard InChI is InChI=1S/C29H50N2O4/c1-8-12-14-16-18-24(6)30(28(32)34-10-3)26-21-20-23(5)27(22-26)31(29(33)35-11-4)25(7)19-17-15-13-9-2/h20-22,24-25H,8-19H2,1-7H3. The van der Waals surface area contributed by atoms with Crippen LogP contribution in [0.15, 0.2) is 18.2 Å². The molecule has 0 saturated heterocycles. The number of nitrogens with zero attached hydrogens (tertiary/aromatic N) is 2. The van der Waals surface area contributed by atoms with Gasteiger partial charge in [0.1, 0.15) is 0 Å². The molecule has 1 rings (SSSR count). The highest BCUT2D eigenvalue weighted by atomic mass is 16.6. The van der Waals surface area contributed by atoms with Crippen molar-refractivity contribution in [3.63, 3.8) is 0 Å². The Hall–Kier alpha value is -2.24. The smallest absolute Gasteiger partial charge is 0.414 e. The minimum atomic E-state index is -0.347. The highest BCUT2D eigenvalue weighted by molar-refractivity contribution is 5.93. The first-order chi connectivity index (χ1) is 16.8. The first kappa shape index (κ1) is 30.8. The Bertz CT molecular complexity index is 752. The van der Waals surface area contributed by atoms with Gasteiger partial charge in [0, 0.05) is 17.8 Å². The quantitative estimate of drug-likeness (QED) is 0.218. The molecule has 0 fully saturated rings. The highest BCUT2D eigenvalue weighted by Gasteiger charge is 2.28. The van der Waals surface area contributed by atoms with Gasteiger partial charge in [0.05, 0.1) is 18.9 Å². The normalized spacial score (nSPS) is 12.7. The van der Waals surface area contributed by atoms with E-state index in [4.69, 9.17) is 9.47 Å². The number of hydrogen-bond donors (Lipinski definition) is 0. The van der Waals surface area contributed by atoms with Crippen LogP contribution in [0.5, 0.6) is 0 Å². The Morgan fingerprint density at radius 3 is 1.71 bits per heavy atom. The van der Waals surface area contributed by atoms with Gasteiger partial charge in [-0.15, -0.1) is 0 Å². The molecule has 0 bridgehead atoms. The number of benzene rings is 1. The summed E-state index contributed by atoms with van der Waals surface area (Å²) in [7, 11) is 0. The minimum Gasteiger partial charge on any atom is -0.449 e. The fourth-order valence-electron chi connectivity index (χ4n) is 4.44. The van der Waals surface area contributed by atoms with Crippen molar-refractivity contribution in [3.8, 4) is 0 Å². The van der Waals surface area contributed by atoms with E-state index in [0.717, 1.165) is 55.5 Å². The zero-order chi connectivity index (χ0) is 26.2. The van der Waals surface area contributed by atoms with Crippen LogP contribution in [0, 0.1) is 6.92 Å². The van der Waals surface area contributed by atoms with E-state index < -0.39 is 0 Å². The molecule has 2 unspecified atom stereocenters. The first-order valence-corrected chi connectivity index (χ1v) is 13.8. The van der Waals surface area contributed by atoms with Crippen LogP contribution in [0.3, 0.4) is 0 Å². The average Bonchev–Trinajstić information content (AvgIpc) is 2.82.